The molecule has 0 bridgehead atoms. The Balaban J connectivity index is 2.66. The fourth-order valence-corrected chi connectivity index (χ4v) is 1.88. The monoisotopic (exact) mass is 250 g/mol. The maximum absolute atomic E-state index is 10.9. The summed E-state index contributed by atoms with van der Waals surface area (Å²) in [6.07, 6.45) is 0. The molecule has 1 aromatic carbocycles. The summed E-state index contributed by atoms with van der Waals surface area (Å²) in [5.41, 5.74) is 1.78. The maximum Gasteiger partial charge on any atom is 0.357 e. The highest BCUT2D eigenvalue weighted by molar-refractivity contribution is 6.32. The minimum absolute atomic E-state index is 0.118. The molecule has 0 saturated carbocycles. The zero-order valence-corrected chi connectivity index (χ0v) is 10.2. The third-order valence-electron chi connectivity index (χ3n) is 2.61. The molecule has 17 heavy (non-hydrogen) atoms. The van der Waals surface area contributed by atoms with Gasteiger partial charge in [0.05, 0.1) is 0 Å². The first-order chi connectivity index (χ1) is 8.02. The highest BCUT2D eigenvalue weighted by Crippen LogP contribution is 2.26. The van der Waals surface area contributed by atoms with E-state index in [1.165, 1.54) is 0 Å². The van der Waals surface area contributed by atoms with Gasteiger partial charge in [-0.05, 0) is 12.5 Å². The summed E-state index contributed by atoms with van der Waals surface area (Å²) in [5, 5.41) is 9.09. The fourth-order valence-electron chi connectivity index (χ4n) is 1.68. The van der Waals surface area contributed by atoms with Gasteiger partial charge in [-0.3, -0.25) is 0 Å². The molecule has 5 heteroatoms. The molecule has 4 nitrogen and oxygen atoms in total. The molecule has 0 atom stereocenters. The van der Waals surface area contributed by atoms with Crippen LogP contribution in [0.5, 0.6) is 0 Å². The van der Waals surface area contributed by atoms with Crippen molar-refractivity contribution >= 4 is 17.6 Å². The summed E-state index contributed by atoms with van der Waals surface area (Å²) in [6, 6.07) is 7.63. The van der Waals surface area contributed by atoms with Gasteiger partial charge in [-0.2, -0.15) is 0 Å². The van der Waals surface area contributed by atoms with Crippen LogP contribution < -0.4 is 0 Å². The van der Waals surface area contributed by atoms with Crippen LogP contribution in [0.3, 0.4) is 0 Å². The quantitative estimate of drug-likeness (QED) is 0.892. The number of nitrogens with zero attached hydrogens (tertiary/aromatic N) is 2. The highest BCUT2D eigenvalue weighted by Gasteiger charge is 2.19. The molecule has 0 unspecified atom stereocenters. The maximum atomic E-state index is 10.9. The van der Waals surface area contributed by atoms with E-state index in [1.807, 2.05) is 31.2 Å². The number of imidazole rings is 1. The smallest absolute Gasteiger partial charge is 0.357 e. The molecule has 0 saturated heterocycles. The van der Waals surface area contributed by atoms with Gasteiger partial charge in [-0.25, -0.2) is 9.78 Å². The highest BCUT2D eigenvalue weighted by atomic mass is 35.5. The van der Waals surface area contributed by atoms with Crippen molar-refractivity contribution in [2.45, 2.75) is 6.92 Å². The van der Waals surface area contributed by atoms with Crippen molar-refractivity contribution in [3.05, 3.63) is 40.7 Å². The van der Waals surface area contributed by atoms with Crippen LogP contribution >= 0.6 is 11.6 Å². The standard InChI is InChI=1S/C12H11ClN2O2/c1-7-5-3-4-6-8(7)11-14-9(12(16)17)10(13)15(11)2/h3-6H,1-2H3,(H,16,17). The second-order valence-corrected chi connectivity index (χ2v) is 4.11. The molecule has 0 radical (unpaired) electrons. The molecular formula is C12H11ClN2O2. The molecule has 0 aliphatic rings. The van der Waals surface area contributed by atoms with Crippen LogP contribution in [0.4, 0.5) is 0 Å². The molecule has 0 fully saturated rings. The van der Waals surface area contributed by atoms with E-state index < -0.39 is 5.97 Å². The minimum atomic E-state index is -1.12. The molecule has 1 aromatic heterocycles. The number of benzene rings is 1. The Kier molecular flexibility index (Phi) is 2.90. The van der Waals surface area contributed by atoms with Crippen molar-refractivity contribution in [1.29, 1.82) is 0 Å². The van der Waals surface area contributed by atoms with Gasteiger partial charge in [0.25, 0.3) is 0 Å². The number of aryl methyl sites for hydroxylation is 1. The van der Waals surface area contributed by atoms with E-state index in [0.29, 0.717) is 5.82 Å². The van der Waals surface area contributed by atoms with Crippen LogP contribution in [0.15, 0.2) is 24.3 Å². The Morgan fingerprint density at radius 3 is 2.59 bits per heavy atom. The summed E-state index contributed by atoms with van der Waals surface area (Å²) < 4.78 is 1.58. The Hall–Kier alpha value is -1.81. The van der Waals surface area contributed by atoms with Gasteiger partial charge in [0.15, 0.2) is 5.69 Å². The number of carbonyl (C=O) groups is 1. The molecule has 0 aliphatic carbocycles. The van der Waals surface area contributed by atoms with Crippen molar-refractivity contribution in [2.75, 3.05) is 0 Å². The number of hydrogen-bond donors (Lipinski definition) is 1. The number of rotatable bonds is 2. The number of aromatic nitrogens is 2. The second-order valence-electron chi connectivity index (χ2n) is 3.75. The third-order valence-corrected chi connectivity index (χ3v) is 3.05. The SMILES string of the molecule is Cc1ccccc1-c1nc(C(=O)O)c(Cl)n1C. The number of carboxylic acids is 1. The van der Waals surface area contributed by atoms with Crippen LogP contribution in [0.25, 0.3) is 11.4 Å². The number of halogens is 1. The average molecular weight is 251 g/mol. The van der Waals surface area contributed by atoms with Crippen molar-refractivity contribution in [3.63, 3.8) is 0 Å². The van der Waals surface area contributed by atoms with E-state index in [-0.39, 0.29) is 10.8 Å². The lowest BCUT2D eigenvalue weighted by atomic mass is 10.1. The van der Waals surface area contributed by atoms with Gasteiger partial charge in [0.2, 0.25) is 0 Å². The predicted octanol–water partition coefficient (Wildman–Crippen LogP) is 2.75. The van der Waals surface area contributed by atoms with E-state index in [0.717, 1.165) is 11.1 Å². The van der Waals surface area contributed by atoms with Gasteiger partial charge in [0.1, 0.15) is 11.0 Å². The van der Waals surface area contributed by atoms with E-state index >= 15 is 0 Å². The van der Waals surface area contributed by atoms with Crippen LogP contribution in [0, 0.1) is 6.92 Å². The van der Waals surface area contributed by atoms with E-state index in [1.54, 1.807) is 11.6 Å². The first-order valence-electron chi connectivity index (χ1n) is 5.04. The molecule has 1 N–H and O–H groups in total. The predicted molar refractivity (Wildman–Crippen MR) is 65.4 cm³/mol. The van der Waals surface area contributed by atoms with Crippen molar-refractivity contribution in [2.24, 2.45) is 7.05 Å². The lowest BCUT2D eigenvalue weighted by molar-refractivity contribution is 0.0691. The minimum Gasteiger partial charge on any atom is -0.476 e. The summed E-state index contributed by atoms with van der Waals surface area (Å²) in [5.74, 6) is -0.559. The first-order valence-corrected chi connectivity index (χ1v) is 5.41. The van der Waals surface area contributed by atoms with Crippen molar-refractivity contribution in [3.8, 4) is 11.4 Å². The van der Waals surface area contributed by atoms with Crippen molar-refractivity contribution < 1.29 is 9.90 Å². The molecule has 0 spiro atoms. The van der Waals surface area contributed by atoms with E-state index in [4.69, 9.17) is 16.7 Å². The Labute approximate surface area is 103 Å². The number of hydrogen-bond acceptors (Lipinski definition) is 2. The summed E-state index contributed by atoms with van der Waals surface area (Å²) in [6.45, 7) is 1.94. The summed E-state index contributed by atoms with van der Waals surface area (Å²) in [4.78, 5) is 15.0. The zero-order chi connectivity index (χ0) is 12.6. The molecule has 0 amide bonds. The van der Waals surface area contributed by atoms with Gasteiger partial charge in [-0.1, -0.05) is 35.9 Å². The summed E-state index contributed by atoms with van der Waals surface area (Å²) in [7, 11) is 1.70. The zero-order valence-electron chi connectivity index (χ0n) is 9.44. The molecule has 2 rings (SSSR count). The molecule has 0 aliphatic heterocycles. The molecule has 1 heterocycles. The van der Waals surface area contributed by atoms with E-state index in [2.05, 4.69) is 4.98 Å². The molecule has 88 valence electrons. The lowest BCUT2D eigenvalue weighted by Crippen LogP contribution is -1.97. The third kappa shape index (κ3) is 1.91. The van der Waals surface area contributed by atoms with Crippen LogP contribution in [-0.2, 0) is 7.05 Å². The van der Waals surface area contributed by atoms with Gasteiger partial charge >= 0.3 is 5.97 Å². The average Bonchev–Trinajstić information content (AvgIpc) is 2.57. The Morgan fingerprint density at radius 2 is 2.06 bits per heavy atom. The van der Waals surface area contributed by atoms with Crippen LogP contribution in [0.1, 0.15) is 16.1 Å². The van der Waals surface area contributed by atoms with E-state index in [9.17, 15) is 4.79 Å². The largest absolute Gasteiger partial charge is 0.476 e. The lowest BCUT2D eigenvalue weighted by Gasteiger charge is -2.05. The normalized spacial score (nSPS) is 10.5. The van der Waals surface area contributed by atoms with Crippen LogP contribution in [-0.4, -0.2) is 20.6 Å². The Morgan fingerprint density at radius 1 is 1.41 bits per heavy atom. The van der Waals surface area contributed by atoms with Crippen molar-refractivity contribution in [1.82, 2.24) is 9.55 Å². The van der Waals surface area contributed by atoms with Gasteiger partial charge in [0, 0.05) is 12.6 Å². The number of carboxylic acid groups (broad SMARTS) is 1. The first kappa shape index (κ1) is 11.7. The summed E-state index contributed by atoms with van der Waals surface area (Å²) >= 11 is 5.93. The topological polar surface area (TPSA) is 55.1 Å². The van der Waals surface area contributed by atoms with Crippen LogP contribution in [0.2, 0.25) is 5.15 Å². The van der Waals surface area contributed by atoms with Gasteiger partial charge < -0.3 is 9.67 Å². The van der Waals surface area contributed by atoms with Gasteiger partial charge in [-0.15, -0.1) is 0 Å². The molecule has 2 aromatic rings. The Bertz CT molecular complexity index is 590. The molecular weight excluding hydrogens is 240 g/mol. The second kappa shape index (κ2) is 4.22. The fraction of sp³-hybridized carbons (Fsp3) is 0.167. The number of aromatic carboxylic acids is 1.